The summed E-state index contributed by atoms with van der Waals surface area (Å²) in [5, 5.41) is 8.68. The predicted octanol–water partition coefficient (Wildman–Crippen LogP) is 4.57. The van der Waals surface area contributed by atoms with E-state index in [0.717, 1.165) is 25.7 Å². The minimum atomic E-state index is -0.756. The Balaban J connectivity index is 4.35. The van der Waals surface area contributed by atoms with Crippen LogP contribution in [0.15, 0.2) is 0 Å². The van der Waals surface area contributed by atoms with E-state index in [4.69, 9.17) is 14.9 Å². The van der Waals surface area contributed by atoms with Gasteiger partial charge >= 0.3 is 5.97 Å². The molecule has 1 unspecified atom stereocenters. The van der Waals surface area contributed by atoms with Crippen molar-refractivity contribution in [3.63, 3.8) is 0 Å². The van der Waals surface area contributed by atoms with Crippen LogP contribution in [-0.2, 0) is 14.6 Å². The molecule has 0 aliphatic carbocycles. The number of carbonyl (C=O) groups is 1. The van der Waals surface area contributed by atoms with Gasteiger partial charge in [0.2, 0.25) is 0 Å². The fraction of sp³-hybridized carbons (Fsp3) is 0.938. The summed E-state index contributed by atoms with van der Waals surface area (Å²) in [6, 6.07) is 0. The molecule has 0 aliphatic heterocycles. The Bertz CT molecular complexity index is 284. The lowest BCUT2D eigenvalue weighted by Gasteiger charge is -2.40. The lowest BCUT2D eigenvalue weighted by Crippen LogP contribution is -2.42. The molecule has 4 nitrogen and oxygen atoms in total. The first-order valence-electron chi connectivity index (χ1n) is 7.72. The second-order valence-corrected chi connectivity index (χ2v) is 6.62. The summed E-state index contributed by atoms with van der Waals surface area (Å²) in [5.41, 5.74) is -0.356. The predicted molar refractivity (Wildman–Crippen MR) is 80.5 cm³/mol. The van der Waals surface area contributed by atoms with Crippen molar-refractivity contribution in [2.75, 3.05) is 0 Å². The van der Waals surface area contributed by atoms with E-state index in [-0.39, 0.29) is 23.5 Å². The fourth-order valence-corrected chi connectivity index (χ4v) is 1.77. The van der Waals surface area contributed by atoms with Gasteiger partial charge in [-0.05, 0) is 44.9 Å². The average Bonchev–Trinajstić information content (AvgIpc) is 2.35. The van der Waals surface area contributed by atoms with Crippen LogP contribution < -0.4 is 0 Å². The first kappa shape index (κ1) is 19.4. The van der Waals surface area contributed by atoms with Gasteiger partial charge in [0, 0.05) is 6.42 Å². The van der Waals surface area contributed by atoms with Crippen molar-refractivity contribution in [3.8, 4) is 0 Å². The van der Waals surface area contributed by atoms with Crippen molar-refractivity contribution >= 4 is 5.97 Å². The lowest BCUT2D eigenvalue weighted by atomic mass is 9.75. The molecule has 0 spiro atoms. The molecule has 0 amide bonds. The van der Waals surface area contributed by atoms with Crippen molar-refractivity contribution in [2.45, 2.75) is 91.8 Å². The lowest BCUT2D eigenvalue weighted by molar-refractivity contribution is -0.397. The summed E-state index contributed by atoms with van der Waals surface area (Å²) in [6.45, 7) is 12.6. The molecule has 0 rings (SSSR count). The van der Waals surface area contributed by atoms with E-state index < -0.39 is 5.97 Å². The second-order valence-electron chi connectivity index (χ2n) is 6.62. The summed E-state index contributed by atoms with van der Waals surface area (Å²) in [7, 11) is 0. The van der Waals surface area contributed by atoms with Gasteiger partial charge in [-0.25, -0.2) is 9.78 Å². The van der Waals surface area contributed by atoms with Gasteiger partial charge in [0.15, 0.2) is 0 Å². The molecule has 1 N–H and O–H groups in total. The molecule has 0 heterocycles. The standard InChI is InChI=1S/C16H32O4/c1-7-10-13(11-9-12-14(17)18)19-20-16(5,6)15(3,4)8-2/h13H,7-12H2,1-6H3,(H,17,18). The first-order chi connectivity index (χ1) is 9.16. The van der Waals surface area contributed by atoms with Crippen molar-refractivity contribution in [2.24, 2.45) is 5.41 Å². The third-order valence-electron chi connectivity index (χ3n) is 4.43. The van der Waals surface area contributed by atoms with Crippen molar-refractivity contribution in [3.05, 3.63) is 0 Å². The number of carboxylic acid groups (broad SMARTS) is 1. The maximum Gasteiger partial charge on any atom is 0.303 e. The summed E-state index contributed by atoms with van der Waals surface area (Å²) >= 11 is 0. The maximum atomic E-state index is 10.6. The maximum absolute atomic E-state index is 10.6. The van der Waals surface area contributed by atoms with Gasteiger partial charge < -0.3 is 5.11 Å². The van der Waals surface area contributed by atoms with Crippen LogP contribution in [0.3, 0.4) is 0 Å². The molecule has 20 heavy (non-hydrogen) atoms. The first-order valence-corrected chi connectivity index (χ1v) is 7.72. The minimum absolute atomic E-state index is 0.0187. The van der Waals surface area contributed by atoms with Gasteiger partial charge in [-0.3, -0.25) is 4.79 Å². The topological polar surface area (TPSA) is 55.8 Å². The van der Waals surface area contributed by atoms with Gasteiger partial charge in [0.25, 0.3) is 0 Å². The quantitative estimate of drug-likeness (QED) is 0.447. The van der Waals surface area contributed by atoms with Gasteiger partial charge in [0.05, 0.1) is 6.10 Å². The van der Waals surface area contributed by atoms with E-state index in [0.29, 0.717) is 6.42 Å². The van der Waals surface area contributed by atoms with E-state index in [2.05, 4.69) is 27.7 Å². The number of aliphatic carboxylic acids is 1. The van der Waals surface area contributed by atoms with Crippen LogP contribution in [0.5, 0.6) is 0 Å². The molecule has 0 fully saturated rings. The van der Waals surface area contributed by atoms with Gasteiger partial charge in [-0.2, -0.15) is 0 Å². The number of hydrogen-bond donors (Lipinski definition) is 1. The Kier molecular flexibility index (Phi) is 8.36. The van der Waals surface area contributed by atoms with Crippen molar-refractivity contribution in [1.29, 1.82) is 0 Å². The van der Waals surface area contributed by atoms with E-state index in [9.17, 15) is 4.79 Å². The van der Waals surface area contributed by atoms with Gasteiger partial charge in [0.1, 0.15) is 5.60 Å². The van der Waals surface area contributed by atoms with Crippen LogP contribution in [0, 0.1) is 5.41 Å². The Hall–Kier alpha value is -0.610. The normalized spacial score (nSPS) is 14.3. The number of rotatable bonds is 11. The average molecular weight is 288 g/mol. The summed E-state index contributed by atoms with van der Waals surface area (Å²) in [4.78, 5) is 21.9. The van der Waals surface area contributed by atoms with E-state index in [1.165, 1.54) is 0 Å². The molecule has 0 radical (unpaired) electrons. The van der Waals surface area contributed by atoms with Crippen LogP contribution >= 0.6 is 0 Å². The second kappa shape index (κ2) is 8.63. The Morgan fingerprint density at radius 2 is 1.75 bits per heavy atom. The monoisotopic (exact) mass is 288 g/mol. The number of carboxylic acids is 1. The van der Waals surface area contributed by atoms with Crippen LogP contribution in [0.1, 0.15) is 80.1 Å². The Morgan fingerprint density at radius 1 is 1.15 bits per heavy atom. The highest BCUT2D eigenvalue weighted by molar-refractivity contribution is 5.66. The third kappa shape index (κ3) is 6.71. The Morgan fingerprint density at radius 3 is 2.20 bits per heavy atom. The van der Waals surface area contributed by atoms with Crippen LogP contribution in [-0.4, -0.2) is 22.8 Å². The van der Waals surface area contributed by atoms with E-state index in [1.54, 1.807) is 0 Å². The summed E-state index contributed by atoms with van der Waals surface area (Å²) in [5.74, 6) is -0.756. The van der Waals surface area contributed by atoms with Crippen LogP contribution in [0.2, 0.25) is 0 Å². The van der Waals surface area contributed by atoms with Gasteiger partial charge in [-0.15, -0.1) is 0 Å². The van der Waals surface area contributed by atoms with Crippen LogP contribution in [0.25, 0.3) is 0 Å². The molecular formula is C16H32O4. The molecule has 0 saturated heterocycles. The molecule has 0 aromatic carbocycles. The molecule has 0 aromatic heterocycles. The Labute approximate surface area is 123 Å². The molecule has 0 aromatic rings. The molecule has 0 aliphatic rings. The molecule has 0 saturated carbocycles. The molecule has 4 heteroatoms. The third-order valence-corrected chi connectivity index (χ3v) is 4.43. The molecule has 120 valence electrons. The van der Waals surface area contributed by atoms with Gasteiger partial charge in [-0.1, -0.05) is 34.1 Å². The molecule has 1 atom stereocenters. The largest absolute Gasteiger partial charge is 0.481 e. The van der Waals surface area contributed by atoms with Crippen LogP contribution in [0.4, 0.5) is 0 Å². The SMILES string of the molecule is CCCC(CCCC(=O)O)OOC(C)(C)C(C)(C)CC. The highest BCUT2D eigenvalue weighted by Gasteiger charge is 2.38. The van der Waals surface area contributed by atoms with Crippen molar-refractivity contribution in [1.82, 2.24) is 0 Å². The highest BCUT2D eigenvalue weighted by atomic mass is 17.2. The smallest absolute Gasteiger partial charge is 0.303 e. The zero-order valence-electron chi connectivity index (χ0n) is 14.0. The van der Waals surface area contributed by atoms with E-state index >= 15 is 0 Å². The highest BCUT2D eigenvalue weighted by Crippen LogP contribution is 2.37. The summed E-state index contributed by atoms with van der Waals surface area (Å²) < 4.78 is 0. The number of hydrogen-bond acceptors (Lipinski definition) is 3. The summed E-state index contributed by atoms with van der Waals surface area (Å²) in [6.07, 6.45) is 4.41. The zero-order valence-corrected chi connectivity index (χ0v) is 14.0. The van der Waals surface area contributed by atoms with Crippen molar-refractivity contribution < 1.29 is 19.7 Å². The van der Waals surface area contributed by atoms with E-state index in [1.807, 2.05) is 13.8 Å². The minimum Gasteiger partial charge on any atom is -0.481 e. The molecular weight excluding hydrogens is 256 g/mol. The zero-order chi connectivity index (χ0) is 15.8. The molecule has 0 bridgehead atoms. The fourth-order valence-electron chi connectivity index (χ4n) is 1.77.